The Morgan fingerprint density at radius 2 is 1.77 bits per heavy atom. The highest BCUT2D eigenvalue weighted by molar-refractivity contribution is 6.04. The average molecular weight is 396 g/mol. The predicted molar refractivity (Wildman–Crippen MR) is 115 cm³/mol. The molecule has 2 aromatic heterocycles. The number of carbonyl (C=O) groups is 2. The van der Waals surface area contributed by atoms with Gasteiger partial charge in [0.1, 0.15) is 12.4 Å². The van der Waals surface area contributed by atoms with E-state index < -0.39 is 0 Å². The maximum absolute atomic E-state index is 13.2. The first-order valence-electron chi connectivity index (χ1n) is 9.78. The van der Waals surface area contributed by atoms with Crippen molar-refractivity contribution in [2.24, 2.45) is 7.05 Å². The Morgan fingerprint density at radius 1 is 1.00 bits per heavy atom. The van der Waals surface area contributed by atoms with Crippen molar-refractivity contribution in [3.8, 4) is 0 Å². The molecule has 0 radical (unpaired) electrons. The first-order chi connectivity index (χ1) is 14.6. The molecule has 0 saturated heterocycles. The molecule has 0 spiro atoms. The topological polar surface area (TPSA) is 67.2 Å². The van der Waals surface area contributed by atoms with Crippen LogP contribution in [-0.4, -0.2) is 32.8 Å². The molecule has 3 heterocycles. The second-order valence-electron chi connectivity index (χ2n) is 7.40. The summed E-state index contributed by atoms with van der Waals surface area (Å²) in [7, 11) is 1.99. The number of pyridine rings is 1. The number of anilines is 1. The van der Waals surface area contributed by atoms with Gasteiger partial charge in [-0.1, -0.05) is 42.5 Å². The van der Waals surface area contributed by atoms with E-state index in [1.54, 1.807) is 29.3 Å². The van der Waals surface area contributed by atoms with Gasteiger partial charge in [0.25, 0.3) is 5.91 Å². The lowest BCUT2D eigenvalue weighted by atomic mass is 9.97. The van der Waals surface area contributed by atoms with Gasteiger partial charge in [0.2, 0.25) is 5.91 Å². The summed E-state index contributed by atoms with van der Waals surface area (Å²) in [6.07, 6.45) is 3.67. The molecule has 2 aromatic carbocycles. The van der Waals surface area contributed by atoms with Gasteiger partial charge in [-0.3, -0.25) is 9.59 Å². The molecule has 1 aliphatic rings. The maximum Gasteiger partial charge on any atom is 0.255 e. The Bertz CT molecular complexity index is 1260. The van der Waals surface area contributed by atoms with E-state index in [1.807, 2.05) is 49.6 Å². The number of rotatable bonds is 4. The van der Waals surface area contributed by atoms with E-state index in [4.69, 9.17) is 0 Å². The SMILES string of the molecule is Cn1cc(C2c3ccccc3C(=O)N2CC(=O)Nc2ccccn2)c2ccccc21. The van der Waals surface area contributed by atoms with Crippen molar-refractivity contribution in [1.82, 2.24) is 14.5 Å². The number of hydrogen-bond donors (Lipinski definition) is 1. The number of hydrogen-bond acceptors (Lipinski definition) is 3. The fourth-order valence-electron chi connectivity index (χ4n) is 4.23. The first kappa shape index (κ1) is 18.1. The Kier molecular flexibility index (Phi) is 4.32. The minimum atomic E-state index is -0.325. The molecule has 4 aromatic rings. The zero-order chi connectivity index (χ0) is 20.7. The minimum Gasteiger partial charge on any atom is -0.350 e. The smallest absolute Gasteiger partial charge is 0.255 e. The van der Waals surface area contributed by atoms with Crippen LogP contribution in [0.1, 0.15) is 27.5 Å². The van der Waals surface area contributed by atoms with Crippen molar-refractivity contribution in [1.29, 1.82) is 0 Å². The molecule has 0 bridgehead atoms. The van der Waals surface area contributed by atoms with Crippen LogP contribution in [0, 0.1) is 0 Å². The standard InChI is InChI=1S/C24H20N4O2/c1-27-14-19(16-8-4-5-11-20(16)27)23-17-9-2-3-10-18(17)24(30)28(23)15-22(29)26-21-12-6-7-13-25-21/h2-14,23H,15H2,1H3,(H,25,26,29). The van der Waals surface area contributed by atoms with E-state index in [2.05, 4.69) is 27.0 Å². The summed E-state index contributed by atoms with van der Waals surface area (Å²) in [5.74, 6) is 0.0492. The van der Waals surface area contributed by atoms with Gasteiger partial charge < -0.3 is 14.8 Å². The summed E-state index contributed by atoms with van der Waals surface area (Å²) in [5, 5.41) is 3.86. The summed E-state index contributed by atoms with van der Waals surface area (Å²) in [5.41, 5.74) is 3.66. The van der Waals surface area contributed by atoms with E-state index in [1.165, 1.54) is 0 Å². The lowest BCUT2D eigenvalue weighted by Crippen LogP contribution is -2.36. The first-order valence-corrected chi connectivity index (χ1v) is 9.78. The number of benzene rings is 2. The molecule has 6 heteroatoms. The quantitative estimate of drug-likeness (QED) is 0.571. The van der Waals surface area contributed by atoms with Crippen LogP contribution in [0.2, 0.25) is 0 Å². The van der Waals surface area contributed by atoms with Crippen LogP contribution >= 0.6 is 0 Å². The Labute approximate surface area is 173 Å². The van der Waals surface area contributed by atoms with Crippen molar-refractivity contribution >= 4 is 28.5 Å². The predicted octanol–water partition coefficient (Wildman–Crippen LogP) is 3.76. The van der Waals surface area contributed by atoms with Gasteiger partial charge >= 0.3 is 0 Å². The fourth-order valence-corrected chi connectivity index (χ4v) is 4.23. The molecule has 1 aliphatic heterocycles. The van der Waals surface area contributed by atoms with Crippen LogP contribution in [0.15, 0.2) is 79.1 Å². The van der Waals surface area contributed by atoms with Gasteiger partial charge in [0, 0.05) is 41.5 Å². The normalized spacial score (nSPS) is 15.4. The molecule has 5 rings (SSSR count). The Hall–Kier alpha value is -3.93. The zero-order valence-electron chi connectivity index (χ0n) is 16.4. The van der Waals surface area contributed by atoms with Gasteiger partial charge in [-0.15, -0.1) is 0 Å². The Balaban J connectivity index is 1.55. The third-order valence-electron chi connectivity index (χ3n) is 5.53. The number of amides is 2. The van der Waals surface area contributed by atoms with Gasteiger partial charge in [-0.25, -0.2) is 4.98 Å². The van der Waals surface area contributed by atoms with Crippen molar-refractivity contribution in [2.75, 3.05) is 11.9 Å². The highest BCUT2D eigenvalue weighted by Crippen LogP contribution is 2.41. The number of carbonyl (C=O) groups excluding carboxylic acids is 2. The summed E-state index contributed by atoms with van der Waals surface area (Å²) >= 11 is 0. The Morgan fingerprint density at radius 3 is 2.60 bits per heavy atom. The van der Waals surface area contributed by atoms with E-state index >= 15 is 0 Å². The van der Waals surface area contributed by atoms with E-state index in [0.717, 1.165) is 22.0 Å². The van der Waals surface area contributed by atoms with Crippen LogP contribution in [0.5, 0.6) is 0 Å². The second kappa shape index (κ2) is 7.15. The molecule has 1 atom stereocenters. The molecule has 6 nitrogen and oxygen atoms in total. The molecule has 148 valence electrons. The largest absolute Gasteiger partial charge is 0.350 e. The summed E-state index contributed by atoms with van der Waals surface area (Å²) < 4.78 is 2.06. The van der Waals surface area contributed by atoms with Crippen LogP contribution in [0.4, 0.5) is 5.82 Å². The van der Waals surface area contributed by atoms with Gasteiger partial charge in [0.15, 0.2) is 0 Å². The molecule has 0 fully saturated rings. The van der Waals surface area contributed by atoms with Gasteiger partial charge in [-0.05, 0) is 29.8 Å². The van der Waals surface area contributed by atoms with Gasteiger partial charge in [-0.2, -0.15) is 0 Å². The van der Waals surface area contributed by atoms with E-state index in [9.17, 15) is 9.59 Å². The van der Waals surface area contributed by atoms with E-state index in [-0.39, 0.29) is 24.4 Å². The maximum atomic E-state index is 13.2. The van der Waals surface area contributed by atoms with Crippen LogP contribution in [0.3, 0.4) is 0 Å². The third-order valence-corrected chi connectivity index (χ3v) is 5.53. The van der Waals surface area contributed by atoms with Crippen LogP contribution in [-0.2, 0) is 11.8 Å². The number of fused-ring (bicyclic) bond motifs is 2. The molecule has 0 aliphatic carbocycles. The van der Waals surface area contributed by atoms with Crippen molar-refractivity contribution in [2.45, 2.75) is 6.04 Å². The molecule has 1 N–H and O–H groups in total. The molecule has 1 unspecified atom stereocenters. The lowest BCUT2D eigenvalue weighted by Gasteiger charge is -2.25. The number of nitrogens with one attached hydrogen (secondary N) is 1. The second-order valence-corrected chi connectivity index (χ2v) is 7.40. The molecular formula is C24H20N4O2. The zero-order valence-corrected chi connectivity index (χ0v) is 16.4. The van der Waals surface area contributed by atoms with Crippen LogP contribution < -0.4 is 5.32 Å². The molecule has 2 amide bonds. The highest BCUT2D eigenvalue weighted by Gasteiger charge is 2.39. The number of para-hydroxylation sites is 1. The number of nitrogens with zero attached hydrogens (tertiary/aromatic N) is 3. The number of aromatic nitrogens is 2. The monoisotopic (exact) mass is 396 g/mol. The van der Waals surface area contributed by atoms with E-state index in [0.29, 0.717) is 11.4 Å². The molecular weight excluding hydrogens is 376 g/mol. The molecule has 0 saturated carbocycles. The third kappa shape index (κ3) is 2.93. The molecule has 30 heavy (non-hydrogen) atoms. The summed E-state index contributed by atoms with van der Waals surface area (Å²) in [4.78, 5) is 31.8. The van der Waals surface area contributed by atoms with Crippen molar-refractivity contribution in [3.05, 3.63) is 95.8 Å². The number of aryl methyl sites for hydroxylation is 1. The summed E-state index contributed by atoms with van der Waals surface area (Å²) in [6.45, 7) is -0.0576. The lowest BCUT2D eigenvalue weighted by molar-refractivity contribution is -0.117. The van der Waals surface area contributed by atoms with Crippen molar-refractivity contribution in [3.63, 3.8) is 0 Å². The van der Waals surface area contributed by atoms with Gasteiger partial charge in [0.05, 0.1) is 6.04 Å². The fraction of sp³-hybridized carbons (Fsp3) is 0.125. The van der Waals surface area contributed by atoms with Crippen LogP contribution in [0.25, 0.3) is 10.9 Å². The van der Waals surface area contributed by atoms with Crippen molar-refractivity contribution < 1.29 is 9.59 Å². The summed E-state index contributed by atoms with van der Waals surface area (Å²) in [6, 6.07) is 20.7. The minimum absolute atomic E-state index is 0.0576. The highest BCUT2D eigenvalue weighted by atomic mass is 16.2. The average Bonchev–Trinajstić information content (AvgIpc) is 3.23.